The highest BCUT2D eigenvalue weighted by atomic mass is 19.1. The predicted octanol–water partition coefficient (Wildman–Crippen LogP) is 3.84. The van der Waals surface area contributed by atoms with Crippen molar-refractivity contribution in [1.82, 2.24) is 14.8 Å². The molecule has 0 saturated carbocycles. The van der Waals surface area contributed by atoms with E-state index in [9.17, 15) is 13.6 Å². The molecule has 0 bridgehead atoms. The molecule has 3 aliphatic heterocycles. The average Bonchev–Trinajstić information content (AvgIpc) is 2.85. The summed E-state index contributed by atoms with van der Waals surface area (Å²) >= 11 is 0. The van der Waals surface area contributed by atoms with Crippen molar-refractivity contribution in [1.29, 1.82) is 0 Å². The highest BCUT2D eigenvalue weighted by Gasteiger charge is 2.26. The number of hydrogen-bond donors (Lipinski definition) is 1. The monoisotopic (exact) mass is 499 g/mol. The number of amides is 2. The molecule has 3 aliphatic rings. The molecule has 2 aromatic rings. The first kappa shape index (κ1) is 24.3. The van der Waals surface area contributed by atoms with Gasteiger partial charge < -0.3 is 29.5 Å². The number of carbonyl (C=O) groups excluding carboxylic acids is 1. The summed E-state index contributed by atoms with van der Waals surface area (Å²) in [4.78, 5) is 22.7. The Hall–Kier alpha value is -3.40. The number of anilines is 2. The van der Waals surface area contributed by atoms with Gasteiger partial charge in [0.25, 0.3) is 5.88 Å². The van der Waals surface area contributed by atoms with Crippen molar-refractivity contribution in [2.75, 3.05) is 70.2 Å². The molecule has 0 radical (unpaired) electrons. The summed E-state index contributed by atoms with van der Waals surface area (Å²) in [5.41, 5.74) is 1.93. The minimum atomic E-state index is -0.570. The number of pyridine rings is 1. The summed E-state index contributed by atoms with van der Waals surface area (Å²) in [6.07, 6.45) is 4.22. The van der Waals surface area contributed by atoms with Crippen LogP contribution in [0, 0.1) is 17.6 Å². The van der Waals surface area contributed by atoms with Crippen LogP contribution < -0.4 is 19.7 Å². The van der Waals surface area contributed by atoms with Gasteiger partial charge in [0.1, 0.15) is 24.8 Å². The number of aromatic nitrogens is 1. The Morgan fingerprint density at radius 2 is 1.89 bits per heavy atom. The average molecular weight is 500 g/mol. The lowest BCUT2D eigenvalue weighted by atomic mass is 9.99. The Morgan fingerprint density at radius 3 is 2.58 bits per heavy atom. The molecule has 2 amide bonds. The van der Waals surface area contributed by atoms with E-state index in [0.717, 1.165) is 25.2 Å². The van der Waals surface area contributed by atoms with Crippen molar-refractivity contribution < 1.29 is 23.0 Å². The molecule has 5 rings (SSSR count). The van der Waals surface area contributed by atoms with Gasteiger partial charge in [0, 0.05) is 63.1 Å². The van der Waals surface area contributed by atoms with E-state index >= 15 is 0 Å². The number of nitrogens with zero attached hydrogens (tertiary/aromatic N) is 4. The maximum absolute atomic E-state index is 14.9. The fraction of sp³-hybridized carbons (Fsp3) is 0.462. The van der Waals surface area contributed by atoms with Crippen molar-refractivity contribution in [3.63, 3.8) is 0 Å². The second-order valence-corrected chi connectivity index (χ2v) is 9.70. The van der Waals surface area contributed by atoms with E-state index in [0.29, 0.717) is 68.1 Å². The van der Waals surface area contributed by atoms with Crippen LogP contribution in [0.4, 0.5) is 25.0 Å². The molecule has 1 aromatic heterocycles. The zero-order valence-corrected chi connectivity index (χ0v) is 20.6. The standard InChI is InChI=1S/C26H31F2N5O3/c1-31-14-18(15-31)16-32(2)19-12-21(27)20(22(28)13-19)11-17-4-7-33(8-5-17)26(34)30-23-3-6-29-25-24(23)35-9-10-36-25/h3,6,11-13,18H,4-5,7-10,14-16H2,1-2H3,(H,29,30,34). The Labute approximate surface area is 209 Å². The van der Waals surface area contributed by atoms with Gasteiger partial charge in [0.2, 0.25) is 5.75 Å². The summed E-state index contributed by atoms with van der Waals surface area (Å²) in [5.74, 6) is 0.162. The van der Waals surface area contributed by atoms with Crippen LogP contribution in [0.15, 0.2) is 30.0 Å². The zero-order valence-electron chi connectivity index (χ0n) is 20.6. The number of carbonyl (C=O) groups is 1. The SMILES string of the molecule is CN1CC(CN(C)c2cc(F)c(C=C3CCN(C(=O)Nc4ccnc5c4OCCO5)CC3)c(F)c2)C1. The number of likely N-dealkylation sites (tertiary alicyclic amines) is 2. The van der Waals surface area contributed by atoms with Crippen LogP contribution in [0.1, 0.15) is 18.4 Å². The highest BCUT2D eigenvalue weighted by Crippen LogP contribution is 2.35. The summed E-state index contributed by atoms with van der Waals surface area (Å²) in [6, 6.07) is 4.21. The molecule has 1 N–H and O–H groups in total. The van der Waals surface area contributed by atoms with E-state index < -0.39 is 11.6 Å². The molecule has 2 fully saturated rings. The lowest BCUT2D eigenvalue weighted by molar-refractivity contribution is 0.140. The van der Waals surface area contributed by atoms with Crippen molar-refractivity contribution >= 4 is 23.5 Å². The summed E-state index contributed by atoms with van der Waals surface area (Å²) in [5, 5.41) is 2.86. The Balaban J connectivity index is 1.19. The van der Waals surface area contributed by atoms with Gasteiger partial charge in [0.15, 0.2) is 0 Å². The minimum Gasteiger partial charge on any atom is -0.483 e. The van der Waals surface area contributed by atoms with Gasteiger partial charge in [0.05, 0.1) is 5.69 Å². The number of rotatable bonds is 5. The predicted molar refractivity (Wildman–Crippen MR) is 134 cm³/mol. The van der Waals surface area contributed by atoms with Gasteiger partial charge in [-0.1, -0.05) is 5.57 Å². The molecular weight excluding hydrogens is 468 g/mol. The third kappa shape index (κ3) is 5.23. The van der Waals surface area contributed by atoms with Crippen LogP contribution in [0.3, 0.4) is 0 Å². The molecule has 192 valence electrons. The molecule has 1 aromatic carbocycles. The maximum Gasteiger partial charge on any atom is 0.321 e. The van der Waals surface area contributed by atoms with E-state index in [1.54, 1.807) is 23.2 Å². The lowest BCUT2D eigenvalue weighted by Crippen LogP contribution is -2.48. The molecule has 0 unspecified atom stereocenters. The zero-order chi connectivity index (χ0) is 25.2. The topological polar surface area (TPSA) is 70.2 Å². The Bertz CT molecular complexity index is 1140. The molecule has 8 nitrogen and oxygen atoms in total. The molecule has 2 saturated heterocycles. The van der Waals surface area contributed by atoms with Crippen LogP contribution in [0.25, 0.3) is 6.08 Å². The Kier molecular flexibility index (Phi) is 6.95. The van der Waals surface area contributed by atoms with Gasteiger partial charge >= 0.3 is 6.03 Å². The number of nitrogens with one attached hydrogen (secondary N) is 1. The molecular formula is C26H31F2N5O3. The molecule has 4 heterocycles. The van der Waals surface area contributed by atoms with E-state index in [1.807, 2.05) is 11.9 Å². The van der Waals surface area contributed by atoms with Crippen LogP contribution in [-0.2, 0) is 0 Å². The minimum absolute atomic E-state index is 0.0241. The second kappa shape index (κ2) is 10.3. The van der Waals surface area contributed by atoms with E-state index in [2.05, 4.69) is 22.2 Å². The summed E-state index contributed by atoms with van der Waals surface area (Å²) < 4.78 is 40.8. The van der Waals surface area contributed by atoms with E-state index in [-0.39, 0.29) is 11.6 Å². The van der Waals surface area contributed by atoms with Gasteiger partial charge in [-0.05, 0) is 44.2 Å². The van der Waals surface area contributed by atoms with Crippen LogP contribution in [-0.4, -0.2) is 80.8 Å². The summed E-state index contributed by atoms with van der Waals surface area (Å²) in [7, 11) is 3.93. The molecule has 0 spiro atoms. The first-order chi connectivity index (χ1) is 17.4. The Morgan fingerprint density at radius 1 is 1.19 bits per heavy atom. The number of fused-ring (bicyclic) bond motifs is 1. The summed E-state index contributed by atoms with van der Waals surface area (Å²) in [6.45, 7) is 4.47. The van der Waals surface area contributed by atoms with Gasteiger partial charge in [-0.25, -0.2) is 18.6 Å². The lowest BCUT2D eigenvalue weighted by Gasteiger charge is -2.39. The first-order valence-corrected chi connectivity index (χ1v) is 12.3. The van der Waals surface area contributed by atoms with Gasteiger partial charge in [-0.2, -0.15) is 0 Å². The third-order valence-corrected chi connectivity index (χ3v) is 6.90. The first-order valence-electron chi connectivity index (χ1n) is 12.3. The number of halogens is 2. The van der Waals surface area contributed by atoms with Crippen molar-refractivity contribution in [2.45, 2.75) is 12.8 Å². The van der Waals surface area contributed by atoms with Gasteiger partial charge in [-0.15, -0.1) is 0 Å². The third-order valence-electron chi connectivity index (χ3n) is 6.90. The van der Waals surface area contributed by atoms with Crippen molar-refractivity contribution in [3.05, 3.63) is 47.2 Å². The number of hydrogen-bond acceptors (Lipinski definition) is 6. The van der Waals surface area contributed by atoms with E-state index in [1.165, 1.54) is 12.1 Å². The molecule has 0 atom stereocenters. The number of benzene rings is 1. The van der Waals surface area contributed by atoms with E-state index in [4.69, 9.17) is 9.47 Å². The fourth-order valence-electron chi connectivity index (χ4n) is 4.96. The smallest absolute Gasteiger partial charge is 0.321 e. The molecule has 10 heteroatoms. The van der Waals surface area contributed by atoms with Crippen molar-refractivity contribution in [2.24, 2.45) is 5.92 Å². The molecule has 36 heavy (non-hydrogen) atoms. The van der Waals surface area contributed by atoms with Crippen LogP contribution >= 0.6 is 0 Å². The second-order valence-electron chi connectivity index (χ2n) is 9.70. The number of urea groups is 1. The maximum atomic E-state index is 14.9. The molecule has 0 aliphatic carbocycles. The van der Waals surface area contributed by atoms with Gasteiger partial charge in [-0.3, -0.25) is 0 Å². The quantitative estimate of drug-likeness (QED) is 0.674. The highest BCUT2D eigenvalue weighted by molar-refractivity contribution is 5.91. The van der Waals surface area contributed by atoms with Crippen LogP contribution in [0.5, 0.6) is 11.6 Å². The number of ether oxygens (including phenoxy) is 2. The van der Waals surface area contributed by atoms with Crippen molar-refractivity contribution in [3.8, 4) is 11.6 Å². The fourth-order valence-corrected chi connectivity index (χ4v) is 4.96. The number of piperidine rings is 1. The van der Waals surface area contributed by atoms with Crippen LogP contribution in [0.2, 0.25) is 0 Å². The normalized spacial score (nSPS) is 18.0. The largest absolute Gasteiger partial charge is 0.483 e.